The molecular weight excluding hydrogens is 442 g/mol. The number of thiophene rings is 1. The molecule has 33 heavy (non-hydrogen) atoms. The minimum atomic E-state index is 0.753. The number of hydrogen-bond donors (Lipinski definition) is 0. The Morgan fingerprint density at radius 3 is 1.91 bits per heavy atom. The molecule has 5 aromatic carbocycles. The number of rotatable bonds is 4. The Kier molecular flexibility index (Phi) is 5.10. The molecule has 0 amide bonds. The molecule has 0 radical (unpaired) electrons. The molecule has 0 spiro atoms. The maximum Gasteiger partial charge on any atom is 0.0554 e. The maximum atomic E-state index is 6.28. The summed E-state index contributed by atoms with van der Waals surface area (Å²) in [7, 11) is 0. The van der Waals surface area contributed by atoms with Gasteiger partial charge in [-0.15, -0.1) is 11.3 Å². The van der Waals surface area contributed by atoms with Gasteiger partial charge < -0.3 is 4.90 Å². The van der Waals surface area contributed by atoms with Crippen LogP contribution in [0.25, 0.3) is 31.3 Å². The zero-order chi connectivity index (χ0) is 22.2. The van der Waals surface area contributed by atoms with Gasteiger partial charge in [0.15, 0.2) is 0 Å². The zero-order valence-corrected chi connectivity index (χ0v) is 19.4. The molecule has 0 unspecified atom stereocenters. The van der Waals surface area contributed by atoms with Gasteiger partial charge in [-0.05, 0) is 71.8 Å². The van der Waals surface area contributed by atoms with Gasteiger partial charge in [0.05, 0.1) is 5.69 Å². The summed E-state index contributed by atoms with van der Waals surface area (Å²) in [6, 6.07) is 42.5. The molecule has 0 saturated carbocycles. The van der Waals surface area contributed by atoms with E-state index in [1.807, 2.05) is 29.5 Å². The topological polar surface area (TPSA) is 3.24 Å². The van der Waals surface area contributed by atoms with Crippen LogP contribution in [-0.2, 0) is 0 Å². The average molecular weight is 462 g/mol. The van der Waals surface area contributed by atoms with Crippen molar-refractivity contribution in [3.63, 3.8) is 0 Å². The van der Waals surface area contributed by atoms with Crippen molar-refractivity contribution in [3.05, 3.63) is 126 Å². The highest BCUT2D eigenvalue weighted by atomic mass is 35.5. The average Bonchev–Trinajstić information content (AvgIpc) is 3.24. The van der Waals surface area contributed by atoms with Crippen LogP contribution < -0.4 is 4.90 Å². The van der Waals surface area contributed by atoms with Crippen LogP contribution in [0.1, 0.15) is 0 Å². The van der Waals surface area contributed by atoms with Crippen molar-refractivity contribution >= 4 is 60.2 Å². The van der Waals surface area contributed by atoms with Gasteiger partial charge in [-0.1, -0.05) is 72.3 Å². The molecule has 0 aliphatic carbocycles. The molecule has 6 rings (SSSR count). The highest BCUT2D eigenvalue weighted by Crippen LogP contribution is 2.45. The van der Waals surface area contributed by atoms with E-state index >= 15 is 0 Å². The molecule has 3 heteroatoms. The van der Waals surface area contributed by atoms with E-state index in [0.29, 0.717) is 0 Å². The van der Waals surface area contributed by atoms with Crippen molar-refractivity contribution in [2.24, 2.45) is 0 Å². The van der Waals surface area contributed by atoms with Gasteiger partial charge in [-0.2, -0.15) is 0 Å². The Hall–Kier alpha value is -3.59. The molecule has 0 aliphatic heterocycles. The first-order chi connectivity index (χ1) is 16.3. The third kappa shape index (κ3) is 3.68. The standard InChI is InChI=1S/C30H20ClNS/c31-23-10-7-9-21(19-23)22-17-18-28-26(20-22)30-27(15-8-16-29(30)33-28)32(24-11-3-1-4-12-24)25-13-5-2-6-14-25/h1-20H. The van der Waals surface area contributed by atoms with Crippen molar-refractivity contribution in [2.45, 2.75) is 0 Å². The first kappa shape index (κ1) is 20.0. The SMILES string of the molecule is Clc1cccc(-c2ccc3sc4cccc(N(c5ccccc5)c5ccccc5)c4c3c2)c1. The molecule has 0 bridgehead atoms. The van der Waals surface area contributed by atoms with Gasteiger partial charge in [0.1, 0.15) is 0 Å². The van der Waals surface area contributed by atoms with Crippen molar-refractivity contribution in [2.75, 3.05) is 4.90 Å². The molecule has 6 aromatic rings. The quantitative estimate of drug-likeness (QED) is 0.252. The van der Waals surface area contributed by atoms with E-state index in [0.717, 1.165) is 22.0 Å². The minimum absolute atomic E-state index is 0.753. The monoisotopic (exact) mass is 461 g/mol. The van der Waals surface area contributed by atoms with Gasteiger partial charge in [0, 0.05) is 36.6 Å². The fourth-order valence-corrected chi connectivity index (χ4v) is 5.72. The second-order valence-electron chi connectivity index (χ2n) is 7.98. The van der Waals surface area contributed by atoms with E-state index in [1.54, 1.807) is 0 Å². The Bertz CT molecular complexity index is 1530. The van der Waals surface area contributed by atoms with Crippen molar-refractivity contribution in [1.82, 2.24) is 0 Å². The van der Waals surface area contributed by atoms with Gasteiger partial charge in [-0.3, -0.25) is 0 Å². The summed E-state index contributed by atoms with van der Waals surface area (Å²) in [5, 5.41) is 3.29. The lowest BCUT2D eigenvalue weighted by Crippen LogP contribution is -2.09. The van der Waals surface area contributed by atoms with Gasteiger partial charge in [0.2, 0.25) is 0 Å². The molecule has 158 valence electrons. The molecular formula is C30H20ClNS. The number of anilines is 3. The zero-order valence-electron chi connectivity index (χ0n) is 17.8. The summed E-state index contributed by atoms with van der Waals surface area (Å²) in [4.78, 5) is 2.35. The van der Waals surface area contributed by atoms with Crippen LogP contribution in [0.5, 0.6) is 0 Å². The fourth-order valence-electron chi connectivity index (χ4n) is 4.42. The molecule has 0 N–H and O–H groups in total. The summed E-state index contributed by atoms with van der Waals surface area (Å²) in [5.41, 5.74) is 5.76. The predicted molar refractivity (Wildman–Crippen MR) is 144 cm³/mol. The van der Waals surface area contributed by atoms with Crippen LogP contribution in [-0.4, -0.2) is 0 Å². The highest BCUT2D eigenvalue weighted by molar-refractivity contribution is 7.26. The summed E-state index contributed by atoms with van der Waals surface area (Å²) in [6.07, 6.45) is 0. The molecule has 1 nitrogen and oxygen atoms in total. The minimum Gasteiger partial charge on any atom is -0.310 e. The summed E-state index contributed by atoms with van der Waals surface area (Å²) < 4.78 is 2.56. The molecule has 1 heterocycles. The number of halogens is 1. The Morgan fingerprint density at radius 2 is 1.21 bits per heavy atom. The largest absolute Gasteiger partial charge is 0.310 e. The Balaban J connectivity index is 1.63. The first-order valence-electron chi connectivity index (χ1n) is 10.9. The normalized spacial score (nSPS) is 11.2. The van der Waals surface area contributed by atoms with Crippen molar-refractivity contribution < 1.29 is 0 Å². The van der Waals surface area contributed by atoms with E-state index < -0.39 is 0 Å². The summed E-state index contributed by atoms with van der Waals surface area (Å²) in [6.45, 7) is 0. The lowest BCUT2D eigenvalue weighted by molar-refractivity contribution is 1.30. The molecule has 0 aliphatic rings. The van der Waals surface area contributed by atoms with Gasteiger partial charge in [0.25, 0.3) is 0 Å². The van der Waals surface area contributed by atoms with Crippen LogP contribution in [0.4, 0.5) is 17.1 Å². The number of para-hydroxylation sites is 2. The molecule has 0 fully saturated rings. The maximum absolute atomic E-state index is 6.28. The van der Waals surface area contributed by atoms with E-state index in [1.165, 1.54) is 31.4 Å². The number of benzene rings is 5. The lowest BCUT2D eigenvalue weighted by Gasteiger charge is -2.26. The summed E-state index contributed by atoms with van der Waals surface area (Å²) in [5.74, 6) is 0. The van der Waals surface area contributed by atoms with Crippen LogP contribution >= 0.6 is 22.9 Å². The smallest absolute Gasteiger partial charge is 0.0554 e. The van der Waals surface area contributed by atoms with Crippen LogP contribution in [0, 0.1) is 0 Å². The third-order valence-corrected chi connectivity index (χ3v) is 7.27. The van der Waals surface area contributed by atoms with E-state index in [9.17, 15) is 0 Å². The number of fused-ring (bicyclic) bond motifs is 3. The van der Waals surface area contributed by atoms with Gasteiger partial charge >= 0.3 is 0 Å². The molecule has 1 aromatic heterocycles. The highest BCUT2D eigenvalue weighted by Gasteiger charge is 2.18. The van der Waals surface area contributed by atoms with Crippen molar-refractivity contribution in [3.8, 4) is 11.1 Å². The number of nitrogens with zero attached hydrogens (tertiary/aromatic N) is 1. The van der Waals surface area contributed by atoms with Gasteiger partial charge in [-0.25, -0.2) is 0 Å². The predicted octanol–water partition coefficient (Wildman–Crippen LogP) is 9.84. The summed E-state index contributed by atoms with van der Waals surface area (Å²) >= 11 is 8.12. The van der Waals surface area contributed by atoms with E-state index in [-0.39, 0.29) is 0 Å². The number of hydrogen-bond acceptors (Lipinski definition) is 2. The van der Waals surface area contributed by atoms with Crippen LogP contribution in [0.2, 0.25) is 5.02 Å². The first-order valence-corrected chi connectivity index (χ1v) is 12.1. The van der Waals surface area contributed by atoms with E-state index in [4.69, 9.17) is 11.6 Å². The van der Waals surface area contributed by atoms with E-state index in [2.05, 4.69) is 108 Å². The second kappa shape index (κ2) is 8.40. The van der Waals surface area contributed by atoms with Crippen molar-refractivity contribution in [1.29, 1.82) is 0 Å². The molecule has 0 saturated heterocycles. The van der Waals surface area contributed by atoms with Crippen LogP contribution in [0.15, 0.2) is 121 Å². The lowest BCUT2D eigenvalue weighted by atomic mass is 10.0. The fraction of sp³-hybridized carbons (Fsp3) is 0. The Labute approximate surface area is 202 Å². The molecule has 0 atom stereocenters. The third-order valence-electron chi connectivity index (χ3n) is 5.90. The van der Waals surface area contributed by atoms with Crippen LogP contribution in [0.3, 0.4) is 0 Å². The Morgan fingerprint density at radius 1 is 0.545 bits per heavy atom. The second-order valence-corrected chi connectivity index (χ2v) is 9.50.